The minimum Gasteiger partial charge on any atom is -0.507 e. The van der Waals surface area contributed by atoms with Crippen LogP contribution in [-0.2, 0) is 9.59 Å². The summed E-state index contributed by atoms with van der Waals surface area (Å²) in [5.41, 5.74) is 2.80. The van der Waals surface area contributed by atoms with Crippen molar-refractivity contribution >= 4 is 33.4 Å². The fourth-order valence-corrected chi connectivity index (χ4v) is 4.52. The fraction of sp³-hybridized carbons (Fsp3) is 0.360. The number of carbonyl (C=O) groups is 2. The van der Waals surface area contributed by atoms with Crippen molar-refractivity contribution in [2.75, 3.05) is 34.3 Å². The minimum atomic E-state index is -0.821. The molecule has 1 heterocycles. The van der Waals surface area contributed by atoms with Crippen molar-refractivity contribution in [2.24, 2.45) is 0 Å². The number of methoxy groups -OCH3 is 1. The van der Waals surface area contributed by atoms with Crippen LogP contribution in [0.5, 0.6) is 11.5 Å². The lowest BCUT2D eigenvalue weighted by Gasteiger charge is -2.26. The van der Waals surface area contributed by atoms with E-state index in [2.05, 4.69) is 15.9 Å². The highest BCUT2D eigenvalue weighted by atomic mass is 79.9. The Morgan fingerprint density at radius 2 is 1.88 bits per heavy atom. The smallest absolute Gasteiger partial charge is 0.295 e. The molecule has 0 spiro atoms. The Morgan fingerprint density at radius 1 is 1.18 bits per heavy atom. The summed E-state index contributed by atoms with van der Waals surface area (Å²) in [5.74, 6) is -1.48. The number of phenolic OH excluding ortho intramolecular Hbond substituents is 1. The van der Waals surface area contributed by atoms with E-state index in [0.29, 0.717) is 28.6 Å². The van der Waals surface area contributed by atoms with E-state index in [1.165, 1.54) is 12.0 Å². The van der Waals surface area contributed by atoms with Gasteiger partial charge in [0.2, 0.25) is 0 Å². The van der Waals surface area contributed by atoms with Gasteiger partial charge in [-0.3, -0.25) is 9.59 Å². The van der Waals surface area contributed by atoms with Crippen molar-refractivity contribution < 1.29 is 24.5 Å². The Bertz CT molecular complexity index is 1130. The second-order valence-corrected chi connectivity index (χ2v) is 9.38. The first-order valence-corrected chi connectivity index (χ1v) is 11.4. The van der Waals surface area contributed by atoms with Gasteiger partial charge < -0.3 is 24.7 Å². The number of ether oxygens (including phenoxy) is 1. The molecule has 1 aliphatic heterocycles. The molecule has 0 aliphatic carbocycles. The van der Waals surface area contributed by atoms with Gasteiger partial charge in [-0.1, -0.05) is 17.7 Å². The number of phenols is 1. The minimum absolute atomic E-state index is 0.0261. The molecule has 1 unspecified atom stereocenters. The van der Waals surface area contributed by atoms with Crippen LogP contribution < -0.4 is 4.74 Å². The van der Waals surface area contributed by atoms with Gasteiger partial charge in [-0.25, -0.2) is 0 Å². The molecule has 8 heteroatoms. The third kappa shape index (κ3) is 4.91. The molecular formula is C25H29BrN2O5. The number of hydrogen-bond acceptors (Lipinski definition) is 6. The van der Waals surface area contributed by atoms with E-state index < -0.39 is 17.7 Å². The summed E-state index contributed by atoms with van der Waals surface area (Å²) < 4.78 is 5.65. The van der Waals surface area contributed by atoms with Crippen molar-refractivity contribution in [1.82, 2.24) is 9.80 Å². The highest BCUT2D eigenvalue weighted by Crippen LogP contribution is 2.44. The van der Waals surface area contributed by atoms with E-state index >= 15 is 0 Å². The lowest BCUT2D eigenvalue weighted by atomic mass is 9.93. The normalized spacial score (nSPS) is 17.8. The highest BCUT2D eigenvalue weighted by molar-refractivity contribution is 9.10. The number of aromatic hydroxyl groups is 1. The van der Waals surface area contributed by atoms with Crippen LogP contribution in [0, 0.1) is 13.8 Å². The average molecular weight is 517 g/mol. The summed E-state index contributed by atoms with van der Waals surface area (Å²) in [4.78, 5) is 29.8. The molecule has 33 heavy (non-hydrogen) atoms. The zero-order chi connectivity index (χ0) is 24.4. The number of amides is 1. The SMILES string of the molecule is COc1cc(C2C(=C(O)c3cc(C)ccc3C)C(=O)C(=O)N2CCCN(C)C)cc(Br)c1O. The molecule has 7 nitrogen and oxygen atoms in total. The Morgan fingerprint density at radius 3 is 2.52 bits per heavy atom. The first-order chi connectivity index (χ1) is 15.6. The predicted octanol–water partition coefficient (Wildman–Crippen LogP) is 4.15. The molecule has 1 aliphatic rings. The highest BCUT2D eigenvalue weighted by Gasteiger charge is 2.46. The summed E-state index contributed by atoms with van der Waals surface area (Å²) in [6.45, 7) is 4.80. The summed E-state index contributed by atoms with van der Waals surface area (Å²) in [7, 11) is 5.30. The van der Waals surface area contributed by atoms with E-state index in [-0.39, 0.29) is 22.8 Å². The molecule has 0 saturated carbocycles. The molecule has 0 aromatic heterocycles. The molecule has 0 bridgehead atoms. The fourth-order valence-electron chi connectivity index (χ4n) is 4.06. The Kier molecular flexibility index (Phi) is 7.49. The van der Waals surface area contributed by atoms with Gasteiger partial charge in [0.15, 0.2) is 11.5 Å². The number of ketones is 1. The van der Waals surface area contributed by atoms with Crippen molar-refractivity contribution in [1.29, 1.82) is 0 Å². The van der Waals surface area contributed by atoms with E-state index in [9.17, 15) is 19.8 Å². The number of halogens is 1. The number of aryl methyl sites for hydroxylation is 2. The van der Waals surface area contributed by atoms with Gasteiger partial charge in [0.05, 0.1) is 23.2 Å². The van der Waals surface area contributed by atoms with Gasteiger partial charge in [-0.15, -0.1) is 0 Å². The quantitative estimate of drug-likeness (QED) is 0.326. The van der Waals surface area contributed by atoms with Crippen molar-refractivity contribution in [3.63, 3.8) is 0 Å². The molecule has 3 rings (SSSR count). The molecule has 1 atom stereocenters. The van der Waals surface area contributed by atoms with Gasteiger partial charge in [-0.2, -0.15) is 0 Å². The molecule has 176 valence electrons. The third-order valence-electron chi connectivity index (χ3n) is 5.78. The number of aliphatic hydroxyl groups is 1. The Labute approximate surface area is 202 Å². The van der Waals surface area contributed by atoms with E-state index in [4.69, 9.17) is 4.74 Å². The second-order valence-electron chi connectivity index (χ2n) is 8.52. The van der Waals surface area contributed by atoms with Crippen LogP contribution in [0.15, 0.2) is 40.4 Å². The maximum absolute atomic E-state index is 13.2. The molecule has 2 aromatic rings. The summed E-state index contributed by atoms with van der Waals surface area (Å²) in [6.07, 6.45) is 0.649. The molecule has 1 fully saturated rings. The monoisotopic (exact) mass is 516 g/mol. The van der Waals surface area contributed by atoms with Gasteiger partial charge >= 0.3 is 0 Å². The maximum atomic E-state index is 13.2. The summed E-state index contributed by atoms with van der Waals surface area (Å²) >= 11 is 3.33. The van der Waals surface area contributed by atoms with Crippen LogP contribution in [0.2, 0.25) is 0 Å². The van der Waals surface area contributed by atoms with Crippen LogP contribution >= 0.6 is 15.9 Å². The van der Waals surface area contributed by atoms with Crippen LogP contribution in [0.4, 0.5) is 0 Å². The van der Waals surface area contributed by atoms with Crippen molar-refractivity contribution in [3.8, 4) is 11.5 Å². The lowest BCUT2D eigenvalue weighted by molar-refractivity contribution is -0.139. The number of likely N-dealkylation sites (tertiary alicyclic amines) is 1. The van der Waals surface area contributed by atoms with E-state index in [1.807, 2.05) is 45.0 Å². The van der Waals surface area contributed by atoms with Crippen LogP contribution in [0.1, 0.15) is 34.7 Å². The third-order valence-corrected chi connectivity index (χ3v) is 6.38. The number of benzene rings is 2. The van der Waals surface area contributed by atoms with Gasteiger partial charge in [0.1, 0.15) is 5.76 Å². The number of nitrogens with zero attached hydrogens (tertiary/aromatic N) is 2. The molecule has 2 N–H and O–H groups in total. The van der Waals surface area contributed by atoms with Crippen LogP contribution in [0.25, 0.3) is 5.76 Å². The first kappa shape index (κ1) is 24.8. The molecule has 0 radical (unpaired) electrons. The van der Waals surface area contributed by atoms with E-state index in [1.54, 1.807) is 18.2 Å². The average Bonchev–Trinajstić information content (AvgIpc) is 3.01. The Balaban J connectivity index is 2.22. The number of carbonyl (C=O) groups excluding carboxylic acids is 2. The van der Waals surface area contributed by atoms with Crippen molar-refractivity contribution in [3.05, 3.63) is 62.6 Å². The number of aliphatic hydroxyl groups excluding tert-OH is 1. The first-order valence-electron chi connectivity index (χ1n) is 10.6. The molecule has 1 amide bonds. The standard InChI is InChI=1S/C25H29BrN2O5/c1-14-7-8-15(2)17(11-14)22(29)20-21(16-12-18(26)23(30)19(13-16)33-5)28(25(32)24(20)31)10-6-9-27(3)4/h7-8,11-13,21,29-30H,6,9-10H2,1-5H3. The Hall–Kier alpha value is -2.84. The van der Waals surface area contributed by atoms with E-state index in [0.717, 1.165) is 17.7 Å². The summed E-state index contributed by atoms with van der Waals surface area (Å²) in [5, 5.41) is 21.6. The van der Waals surface area contributed by atoms with Gasteiger partial charge in [0.25, 0.3) is 11.7 Å². The van der Waals surface area contributed by atoms with Crippen molar-refractivity contribution in [2.45, 2.75) is 26.3 Å². The summed E-state index contributed by atoms with van der Waals surface area (Å²) in [6, 6.07) is 8.00. The molecule has 2 aromatic carbocycles. The van der Waals surface area contributed by atoms with Gasteiger partial charge in [-0.05, 0) is 86.2 Å². The predicted molar refractivity (Wildman–Crippen MR) is 130 cm³/mol. The van der Waals surface area contributed by atoms with Crippen LogP contribution in [0.3, 0.4) is 0 Å². The largest absolute Gasteiger partial charge is 0.507 e. The lowest BCUT2D eigenvalue weighted by Crippen LogP contribution is -2.32. The number of hydrogen-bond donors (Lipinski definition) is 2. The molecule has 1 saturated heterocycles. The number of rotatable bonds is 7. The topological polar surface area (TPSA) is 90.3 Å². The second kappa shape index (κ2) is 9.97. The zero-order valence-corrected chi connectivity index (χ0v) is 21.1. The molecular weight excluding hydrogens is 488 g/mol. The van der Waals surface area contributed by atoms with Gasteiger partial charge in [0, 0.05) is 12.1 Å². The van der Waals surface area contributed by atoms with Crippen LogP contribution in [-0.4, -0.2) is 66.0 Å². The number of Topliss-reactive ketones (excluding diaryl/α,β-unsaturated/α-hetero) is 1. The maximum Gasteiger partial charge on any atom is 0.295 e. The zero-order valence-electron chi connectivity index (χ0n) is 19.5.